The Morgan fingerprint density at radius 1 is 1.32 bits per heavy atom. The quantitative estimate of drug-likeness (QED) is 0.834. The molecule has 1 aliphatic rings. The normalized spacial score (nSPS) is 16.6. The first kappa shape index (κ1) is 16.8. The first-order chi connectivity index (χ1) is 10.3. The lowest BCUT2D eigenvalue weighted by atomic mass is 10.1. The lowest BCUT2D eigenvalue weighted by Gasteiger charge is -2.32. The van der Waals surface area contributed by atoms with Crippen molar-refractivity contribution in [3.8, 4) is 0 Å². The lowest BCUT2D eigenvalue weighted by Crippen LogP contribution is -2.50. The van der Waals surface area contributed by atoms with Gasteiger partial charge in [0.2, 0.25) is 15.9 Å². The summed E-state index contributed by atoms with van der Waals surface area (Å²) >= 11 is 0. The zero-order chi connectivity index (χ0) is 16.3. The van der Waals surface area contributed by atoms with Crippen LogP contribution in [0.25, 0.3) is 0 Å². The number of likely N-dealkylation sites (tertiary alicyclic amines) is 1. The molecular formula is C16H24N2O3S. The zero-order valence-corrected chi connectivity index (χ0v) is 14.3. The molecule has 0 aliphatic carbocycles. The van der Waals surface area contributed by atoms with Gasteiger partial charge in [-0.2, -0.15) is 0 Å². The van der Waals surface area contributed by atoms with Crippen molar-refractivity contribution >= 4 is 21.6 Å². The fraction of sp³-hybridized carbons (Fsp3) is 0.562. The molecule has 0 N–H and O–H groups in total. The van der Waals surface area contributed by atoms with E-state index in [4.69, 9.17) is 0 Å². The summed E-state index contributed by atoms with van der Waals surface area (Å²) in [6.45, 7) is 5.21. The molecule has 1 aromatic rings. The number of nitrogens with zero attached hydrogens (tertiary/aromatic N) is 2. The average molecular weight is 324 g/mol. The predicted molar refractivity (Wildman–Crippen MR) is 88.4 cm³/mol. The topological polar surface area (TPSA) is 57.7 Å². The second kappa shape index (κ2) is 6.69. The van der Waals surface area contributed by atoms with E-state index < -0.39 is 16.1 Å². The first-order valence-corrected chi connectivity index (χ1v) is 9.54. The molecule has 1 atom stereocenters. The van der Waals surface area contributed by atoms with Crippen LogP contribution in [0.2, 0.25) is 0 Å². The summed E-state index contributed by atoms with van der Waals surface area (Å²) in [5, 5.41) is 0. The molecule has 122 valence electrons. The van der Waals surface area contributed by atoms with E-state index in [2.05, 4.69) is 0 Å². The smallest absolute Gasteiger partial charge is 0.246 e. The number of carbonyl (C=O) groups is 1. The van der Waals surface area contributed by atoms with Crippen molar-refractivity contribution in [2.75, 3.05) is 23.7 Å². The third-order valence-corrected chi connectivity index (χ3v) is 5.17. The summed E-state index contributed by atoms with van der Waals surface area (Å²) in [5.41, 5.74) is 1.52. The van der Waals surface area contributed by atoms with Crippen LogP contribution in [0, 0.1) is 6.92 Å². The average Bonchev–Trinajstić information content (AvgIpc) is 2.96. The van der Waals surface area contributed by atoms with Gasteiger partial charge in [-0.15, -0.1) is 0 Å². The van der Waals surface area contributed by atoms with Gasteiger partial charge < -0.3 is 4.90 Å². The van der Waals surface area contributed by atoms with Crippen molar-refractivity contribution < 1.29 is 13.2 Å². The van der Waals surface area contributed by atoms with Gasteiger partial charge in [0.15, 0.2) is 0 Å². The largest absolute Gasteiger partial charge is 0.341 e. The molecular weight excluding hydrogens is 300 g/mol. The van der Waals surface area contributed by atoms with Gasteiger partial charge in [-0.3, -0.25) is 9.10 Å². The van der Waals surface area contributed by atoms with Gasteiger partial charge in [0.1, 0.15) is 6.04 Å². The maximum atomic E-state index is 12.7. The molecule has 0 unspecified atom stereocenters. The van der Waals surface area contributed by atoms with Gasteiger partial charge in [0.25, 0.3) is 0 Å². The Bertz CT molecular complexity index is 637. The third-order valence-electron chi connectivity index (χ3n) is 3.99. The van der Waals surface area contributed by atoms with Crippen LogP contribution in [0.3, 0.4) is 0 Å². The van der Waals surface area contributed by atoms with E-state index in [1.807, 2.05) is 26.0 Å². The number of amides is 1. The molecule has 1 fully saturated rings. The Morgan fingerprint density at radius 2 is 1.95 bits per heavy atom. The van der Waals surface area contributed by atoms with Crippen LogP contribution in [0.1, 0.15) is 31.7 Å². The highest BCUT2D eigenvalue weighted by Gasteiger charge is 2.34. The van der Waals surface area contributed by atoms with Crippen molar-refractivity contribution in [3.63, 3.8) is 0 Å². The molecule has 22 heavy (non-hydrogen) atoms. The van der Waals surface area contributed by atoms with E-state index in [1.165, 1.54) is 4.31 Å². The minimum absolute atomic E-state index is 0.0908. The standard InChI is InChI=1S/C16H24N2O3S/c1-4-15(16(19)17-10-5-6-11-17)18(22(3,20)21)14-9-7-8-13(2)12-14/h7-9,12,15H,4-6,10-11H2,1-3H3/t15-/m1/s1. The molecule has 0 radical (unpaired) electrons. The van der Waals surface area contributed by atoms with Gasteiger partial charge in [-0.25, -0.2) is 8.42 Å². The SMILES string of the molecule is CC[C@H](C(=O)N1CCCC1)N(c1cccc(C)c1)S(C)(=O)=O. The Labute approximate surface area is 133 Å². The number of aryl methyl sites for hydroxylation is 1. The van der Waals surface area contributed by atoms with E-state index in [1.54, 1.807) is 17.0 Å². The Hall–Kier alpha value is -1.56. The van der Waals surface area contributed by atoms with Crippen molar-refractivity contribution in [2.45, 2.75) is 39.2 Å². The monoisotopic (exact) mass is 324 g/mol. The molecule has 6 heteroatoms. The Kier molecular flexibility index (Phi) is 5.11. The summed E-state index contributed by atoms with van der Waals surface area (Å²) in [4.78, 5) is 14.5. The number of carbonyl (C=O) groups excluding carboxylic acids is 1. The summed E-state index contributed by atoms with van der Waals surface area (Å²) in [7, 11) is -3.53. The second-order valence-corrected chi connectivity index (χ2v) is 7.71. The lowest BCUT2D eigenvalue weighted by molar-refractivity contribution is -0.131. The molecule has 0 bridgehead atoms. The summed E-state index contributed by atoms with van der Waals surface area (Å²) < 4.78 is 25.9. The van der Waals surface area contributed by atoms with E-state index in [9.17, 15) is 13.2 Å². The summed E-state index contributed by atoms with van der Waals surface area (Å²) in [5.74, 6) is -0.0908. The van der Waals surface area contributed by atoms with Crippen LogP contribution < -0.4 is 4.31 Å². The number of anilines is 1. The minimum Gasteiger partial charge on any atom is -0.341 e. The van der Waals surface area contributed by atoms with E-state index in [-0.39, 0.29) is 5.91 Å². The molecule has 0 saturated carbocycles. The van der Waals surface area contributed by atoms with E-state index in [0.29, 0.717) is 12.1 Å². The van der Waals surface area contributed by atoms with Crippen molar-refractivity contribution in [3.05, 3.63) is 29.8 Å². The number of benzene rings is 1. The van der Waals surface area contributed by atoms with E-state index >= 15 is 0 Å². The van der Waals surface area contributed by atoms with Crippen LogP contribution in [0.4, 0.5) is 5.69 Å². The van der Waals surface area contributed by atoms with Crippen molar-refractivity contribution in [1.82, 2.24) is 4.90 Å². The third kappa shape index (κ3) is 3.61. The highest BCUT2D eigenvalue weighted by atomic mass is 32.2. The number of hydrogen-bond donors (Lipinski definition) is 0. The van der Waals surface area contributed by atoms with Crippen molar-refractivity contribution in [2.24, 2.45) is 0 Å². The highest BCUT2D eigenvalue weighted by molar-refractivity contribution is 7.92. The first-order valence-electron chi connectivity index (χ1n) is 7.69. The minimum atomic E-state index is -3.53. The van der Waals surface area contributed by atoms with Crippen LogP contribution in [0.15, 0.2) is 24.3 Å². The van der Waals surface area contributed by atoms with Crippen LogP contribution >= 0.6 is 0 Å². The van der Waals surface area contributed by atoms with Crippen molar-refractivity contribution in [1.29, 1.82) is 0 Å². The van der Waals surface area contributed by atoms with Crippen LogP contribution in [-0.4, -0.2) is 44.6 Å². The highest BCUT2D eigenvalue weighted by Crippen LogP contribution is 2.25. The number of rotatable bonds is 5. The van der Waals surface area contributed by atoms with Gasteiger partial charge in [0.05, 0.1) is 11.9 Å². The maximum Gasteiger partial charge on any atom is 0.246 e. The predicted octanol–water partition coefficient (Wildman–Crippen LogP) is 2.16. The zero-order valence-electron chi connectivity index (χ0n) is 13.4. The van der Waals surface area contributed by atoms with Gasteiger partial charge in [0, 0.05) is 13.1 Å². The molecule has 5 nitrogen and oxygen atoms in total. The molecule has 1 amide bonds. The van der Waals surface area contributed by atoms with Gasteiger partial charge >= 0.3 is 0 Å². The fourth-order valence-corrected chi connectivity index (χ4v) is 4.15. The summed E-state index contributed by atoms with van der Waals surface area (Å²) in [6.07, 6.45) is 3.60. The number of hydrogen-bond acceptors (Lipinski definition) is 3. The van der Waals surface area contributed by atoms with Crippen LogP contribution in [-0.2, 0) is 14.8 Å². The molecule has 1 saturated heterocycles. The maximum absolute atomic E-state index is 12.7. The Balaban J connectivity index is 2.40. The molecule has 2 rings (SSSR count). The molecule has 1 aliphatic heterocycles. The molecule has 0 spiro atoms. The second-order valence-electron chi connectivity index (χ2n) is 5.85. The van der Waals surface area contributed by atoms with Crippen LogP contribution in [0.5, 0.6) is 0 Å². The van der Waals surface area contributed by atoms with Gasteiger partial charge in [-0.1, -0.05) is 19.1 Å². The summed E-state index contributed by atoms with van der Waals surface area (Å²) in [6, 6.07) is 6.60. The van der Waals surface area contributed by atoms with Gasteiger partial charge in [-0.05, 0) is 43.9 Å². The Morgan fingerprint density at radius 3 is 2.45 bits per heavy atom. The molecule has 0 aromatic heterocycles. The number of sulfonamides is 1. The molecule has 1 aromatic carbocycles. The van der Waals surface area contributed by atoms with E-state index in [0.717, 1.165) is 37.8 Å². The molecule has 1 heterocycles. The fourth-order valence-electron chi connectivity index (χ4n) is 2.96.